The molecule has 7 nitrogen and oxygen atoms in total. The van der Waals surface area contributed by atoms with E-state index in [1.807, 2.05) is 49.3 Å². The van der Waals surface area contributed by atoms with Crippen molar-refractivity contribution in [1.29, 1.82) is 0 Å². The van der Waals surface area contributed by atoms with Crippen LogP contribution in [0, 0.1) is 10.1 Å². The third-order valence-electron chi connectivity index (χ3n) is 5.01. The van der Waals surface area contributed by atoms with Crippen LogP contribution in [0.15, 0.2) is 54.7 Å². The predicted octanol–water partition coefficient (Wildman–Crippen LogP) is 3.43. The largest absolute Gasteiger partial charge is 0.361 e. The summed E-state index contributed by atoms with van der Waals surface area (Å²) in [6, 6.07) is 14.5. The van der Waals surface area contributed by atoms with Crippen molar-refractivity contribution < 1.29 is 9.72 Å². The number of nitro groups is 1. The maximum Gasteiger partial charge on any atom is 0.269 e. The zero-order valence-electron chi connectivity index (χ0n) is 16.0. The molecule has 1 amide bonds. The summed E-state index contributed by atoms with van der Waals surface area (Å²) in [7, 11) is 1.84. The minimum absolute atomic E-state index is 0.0564. The maximum absolute atomic E-state index is 12.3. The molecule has 1 atom stereocenters. The van der Waals surface area contributed by atoms with Crippen molar-refractivity contribution in [1.82, 2.24) is 15.2 Å². The van der Waals surface area contributed by atoms with Crippen molar-refractivity contribution >= 4 is 22.5 Å². The van der Waals surface area contributed by atoms with Gasteiger partial charge in [0.15, 0.2) is 0 Å². The molecule has 28 heavy (non-hydrogen) atoms. The molecule has 3 rings (SSSR count). The minimum atomic E-state index is -0.409. The topological polar surface area (TPSA) is 91.3 Å². The van der Waals surface area contributed by atoms with Crippen LogP contribution in [0.3, 0.4) is 0 Å². The number of amides is 1. The number of aromatic nitrogens is 1. The first-order valence-electron chi connectivity index (χ1n) is 9.22. The number of carbonyl (C=O) groups excluding carboxylic acids is 1. The molecule has 7 heteroatoms. The molecule has 1 unspecified atom stereocenters. The van der Waals surface area contributed by atoms with Gasteiger partial charge in [0.1, 0.15) is 0 Å². The number of hydrogen-bond acceptors (Lipinski definition) is 4. The monoisotopic (exact) mass is 380 g/mol. The molecule has 0 aliphatic rings. The van der Waals surface area contributed by atoms with E-state index in [1.165, 1.54) is 17.0 Å². The number of nitrogens with one attached hydrogen (secondary N) is 2. The van der Waals surface area contributed by atoms with Gasteiger partial charge in [0.2, 0.25) is 5.91 Å². The van der Waals surface area contributed by atoms with Crippen molar-refractivity contribution in [2.24, 2.45) is 0 Å². The number of nitro benzene ring substituents is 1. The van der Waals surface area contributed by atoms with Crippen LogP contribution in [0.25, 0.3) is 10.9 Å². The summed E-state index contributed by atoms with van der Waals surface area (Å²) in [6.07, 6.45) is 2.73. The number of rotatable bonds is 8. The highest BCUT2D eigenvalue weighted by Crippen LogP contribution is 2.22. The highest BCUT2D eigenvalue weighted by Gasteiger charge is 2.17. The highest BCUT2D eigenvalue weighted by atomic mass is 16.6. The number of aromatic amines is 1. The van der Waals surface area contributed by atoms with Crippen LogP contribution in [0.1, 0.15) is 24.1 Å². The fraction of sp³-hybridized carbons (Fsp3) is 0.286. The van der Waals surface area contributed by atoms with Crippen molar-refractivity contribution in [3.05, 3.63) is 76.0 Å². The lowest BCUT2D eigenvalue weighted by molar-refractivity contribution is -0.384. The molecule has 0 bridgehead atoms. The number of hydrogen-bond donors (Lipinski definition) is 2. The van der Waals surface area contributed by atoms with Gasteiger partial charge in [-0.3, -0.25) is 19.8 Å². The average Bonchev–Trinajstić information content (AvgIpc) is 3.10. The van der Waals surface area contributed by atoms with Gasteiger partial charge in [-0.1, -0.05) is 30.3 Å². The van der Waals surface area contributed by atoms with Gasteiger partial charge in [-0.2, -0.15) is 0 Å². The molecule has 0 fully saturated rings. The Bertz CT molecular complexity index is 982. The smallest absolute Gasteiger partial charge is 0.269 e. The van der Waals surface area contributed by atoms with Crippen molar-refractivity contribution in [3.63, 3.8) is 0 Å². The first-order chi connectivity index (χ1) is 13.5. The second-order valence-corrected chi connectivity index (χ2v) is 6.90. The summed E-state index contributed by atoms with van der Waals surface area (Å²) in [5.41, 5.74) is 3.13. The van der Waals surface area contributed by atoms with E-state index >= 15 is 0 Å². The fourth-order valence-electron chi connectivity index (χ4n) is 3.25. The highest BCUT2D eigenvalue weighted by molar-refractivity contribution is 5.83. The summed E-state index contributed by atoms with van der Waals surface area (Å²) in [4.78, 5) is 27.9. The third kappa shape index (κ3) is 4.55. The molecule has 0 spiro atoms. The van der Waals surface area contributed by atoms with Crippen LogP contribution < -0.4 is 5.32 Å². The first-order valence-corrected chi connectivity index (χ1v) is 9.22. The first kappa shape index (κ1) is 19.6. The normalized spacial score (nSPS) is 12.2. The van der Waals surface area contributed by atoms with E-state index in [9.17, 15) is 14.9 Å². The van der Waals surface area contributed by atoms with Crippen LogP contribution in [0.5, 0.6) is 0 Å². The van der Waals surface area contributed by atoms with Gasteiger partial charge in [0.25, 0.3) is 5.69 Å². The van der Waals surface area contributed by atoms with Crippen molar-refractivity contribution in [2.45, 2.75) is 19.4 Å². The Balaban J connectivity index is 1.51. The number of nitrogens with zero attached hydrogens (tertiary/aromatic N) is 2. The van der Waals surface area contributed by atoms with Gasteiger partial charge in [-0.05, 0) is 37.6 Å². The number of fused-ring (bicyclic) bond motifs is 1. The Morgan fingerprint density at radius 2 is 2.04 bits per heavy atom. The van der Waals surface area contributed by atoms with E-state index in [0.29, 0.717) is 6.54 Å². The molecule has 1 aromatic heterocycles. The maximum atomic E-state index is 12.3. The number of para-hydroxylation sites is 1. The lowest BCUT2D eigenvalue weighted by Crippen LogP contribution is -2.37. The molecule has 146 valence electrons. The molecule has 2 aromatic carbocycles. The number of carbonyl (C=O) groups is 1. The van der Waals surface area contributed by atoms with Gasteiger partial charge in [0.05, 0.1) is 11.5 Å². The third-order valence-corrected chi connectivity index (χ3v) is 5.01. The second-order valence-electron chi connectivity index (χ2n) is 6.90. The zero-order valence-corrected chi connectivity index (χ0v) is 16.0. The summed E-state index contributed by atoms with van der Waals surface area (Å²) >= 11 is 0. The lowest BCUT2D eigenvalue weighted by Gasteiger charge is -2.24. The zero-order chi connectivity index (χ0) is 20.1. The van der Waals surface area contributed by atoms with Crippen LogP contribution in [0.4, 0.5) is 5.69 Å². The van der Waals surface area contributed by atoms with E-state index in [-0.39, 0.29) is 24.2 Å². The summed E-state index contributed by atoms with van der Waals surface area (Å²) in [5.74, 6) is -0.0698. The molecule has 2 N–H and O–H groups in total. The number of non-ortho nitro benzene ring substituents is 1. The van der Waals surface area contributed by atoms with Gasteiger partial charge < -0.3 is 10.3 Å². The Hall–Kier alpha value is -3.19. The van der Waals surface area contributed by atoms with E-state index < -0.39 is 4.92 Å². The molecule has 0 saturated carbocycles. The lowest BCUT2D eigenvalue weighted by atomic mass is 10.1. The van der Waals surface area contributed by atoms with E-state index in [4.69, 9.17) is 0 Å². The molecule has 0 saturated heterocycles. The molecule has 0 aliphatic heterocycles. The van der Waals surface area contributed by atoms with Crippen LogP contribution in [-0.4, -0.2) is 40.9 Å². The van der Waals surface area contributed by atoms with Crippen molar-refractivity contribution in [2.75, 3.05) is 20.1 Å². The Labute approximate surface area is 163 Å². The molecule has 0 radical (unpaired) electrons. The molecule has 3 aromatic rings. The Kier molecular flexibility index (Phi) is 6.06. The average molecular weight is 380 g/mol. The van der Waals surface area contributed by atoms with Gasteiger partial charge in [0, 0.05) is 41.8 Å². The Morgan fingerprint density at radius 1 is 1.25 bits per heavy atom. The number of benzene rings is 2. The summed E-state index contributed by atoms with van der Waals surface area (Å²) in [5, 5.41) is 15.1. The van der Waals surface area contributed by atoms with Gasteiger partial charge >= 0.3 is 0 Å². The minimum Gasteiger partial charge on any atom is -0.361 e. The van der Waals surface area contributed by atoms with E-state index in [0.717, 1.165) is 17.5 Å². The van der Waals surface area contributed by atoms with Gasteiger partial charge in [-0.25, -0.2) is 0 Å². The molecular formula is C21H24N4O3. The molecule has 0 aliphatic carbocycles. The fourth-order valence-corrected chi connectivity index (χ4v) is 3.25. The van der Waals surface area contributed by atoms with Crippen LogP contribution in [0.2, 0.25) is 0 Å². The number of likely N-dealkylation sites (N-methyl/N-ethyl adjacent to an activating group) is 1. The number of H-pyrrole nitrogens is 1. The van der Waals surface area contributed by atoms with Crippen LogP contribution >= 0.6 is 0 Å². The van der Waals surface area contributed by atoms with Gasteiger partial charge in [-0.15, -0.1) is 0 Å². The standard InChI is InChI=1S/C21H24N4O3/c1-15(16-6-5-7-18(12-16)25(27)28)24(2)14-21(26)22-11-10-17-13-23-20-9-4-3-8-19(17)20/h3-9,12-13,15,23H,10-11,14H2,1-2H3,(H,22,26). The van der Waals surface area contributed by atoms with Crippen molar-refractivity contribution in [3.8, 4) is 0 Å². The SMILES string of the molecule is CC(c1cccc([N+](=O)[O-])c1)N(C)CC(=O)NCCc1c[nH]c2ccccc12. The predicted molar refractivity (Wildman–Crippen MR) is 109 cm³/mol. The molecule has 1 heterocycles. The van der Waals surface area contributed by atoms with Crippen LogP contribution in [-0.2, 0) is 11.2 Å². The second kappa shape index (κ2) is 8.67. The quantitative estimate of drug-likeness (QED) is 0.463. The summed E-state index contributed by atoms with van der Waals surface area (Å²) < 4.78 is 0. The van der Waals surface area contributed by atoms with E-state index in [1.54, 1.807) is 12.1 Å². The van der Waals surface area contributed by atoms with E-state index in [2.05, 4.69) is 16.4 Å². The molecular weight excluding hydrogens is 356 g/mol. The summed E-state index contributed by atoms with van der Waals surface area (Å²) in [6.45, 7) is 2.70. The Morgan fingerprint density at radius 3 is 2.82 bits per heavy atom.